The summed E-state index contributed by atoms with van der Waals surface area (Å²) < 4.78 is 1.86. The van der Waals surface area contributed by atoms with E-state index < -0.39 is 0 Å². The van der Waals surface area contributed by atoms with Crippen molar-refractivity contribution in [2.24, 2.45) is 0 Å². The van der Waals surface area contributed by atoms with Crippen LogP contribution in [0, 0.1) is 18.3 Å². The largest absolute Gasteiger partial charge is 0.360 e. The molecule has 0 spiro atoms. The summed E-state index contributed by atoms with van der Waals surface area (Å²) in [5.41, 5.74) is 3.57. The summed E-state index contributed by atoms with van der Waals surface area (Å²) in [5, 5.41) is 24.5. The molecule has 114 valence electrons. The van der Waals surface area contributed by atoms with Crippen LogP contribution < -0.4 is 5.32 Å². The third kappa shape index (κ3) is 3.19. The lowest BCUT2D eigenvalue weighted by Gasteiger charge is -2.12. The Balaban J connectivity index is 1.80. The Morgan fingerprint density at radius 3 is 2.87 bits per heavy atom. The SMILES string of the molecule is Cc1ccccc1-n1ccc(C(C)Nc2cc(C#N)cnn2)n1. The fourth-order valence-electron chi connectivity index (χ4n) is 2.32. The van der Waals surface area contributed by atoms with Crippen molar-refractivity contribution in [1.82, 2.24) is 20.0 Å². The molecule has 0 bridgehead atoms. The summed E-state index contributed by atoms with van der Waals surface area (Å²) in [7, 11) is 0. The molecule has 2 heterocycles. The maximum Gasteiger partial charge on any atom is 0.150 e. The monoisotopic (exact) mass is 304 g/mol. The van der Waals surface area contributed by atoms with Crippen LogP contribution in [0.1, 0.15) is 29.8 Å². The first-order valence-corrected chi connectivity index (χ1v) is 7.28. The van der Waals surface area contributed by atoms with E-state index in [9.17, 15) is 0 Å². The second-order valence-electron chi connectivity index (χ2n) is 5.28. The Bertz CT molecular complexity index is 861. The number of para-hydroxylation sites is 1. The molecule has 23 heavy (non-hydrogen) atoms. The summed E-state index contributed by atoms with van der Waals surface area (Å²) in [6.07, 6.45) is 3.37. The number of aryl methyl sites for hydroxylation is 1. The summed E-state index contributed by atoms with van der Waals surface area (Å²) >= 11 is 0. The highest BCUT2D eigenvalue weighted by atomic mass is 15.3. The summed E-state index contributed by atoms with van der Waals surface area (Å²) in [6, 6.07) is 13.7. The van der Waals surface area contributed by atoms with Gasteiger partial charge in [-0.3, -0.25) is 0 Å². The number of hydrogen-bond acceptors (Lipinski definition) is 5. The molecule has 0 amide bonds. The first-order chi connectivity index (χ1) is 11.2. The Morgan fingerprint density at radius 1 is 1.26 bits per heavy atom. The molecule has 1 aromatic carbocycles. The van der Waals surface area contributed by atoms with Crippen LogP contribution in [0.25, 0.3) is 5.69 Å². The molecule has 1 N–H and O–H groups in total. The molecule has 0 saturated carbocycles. The van der Waals surface area contributed by atoms with E-state index in [2.05, 4.69) is 33.6 Å². The molecule has 3 rings (SSSR count). The van der Waals surface area contributed by atoms with Gasteiger partial charge in [0.05, 0.1) is 29.2 Å². The molecule has 0 aliphatic heterocycles. The van der Waals surface area contributed by atoms with Crippen molar-refractivity contribution in [1.29, 1.82) is 5.26 Å². The molecule has 0 radical (unpaired) electrons. The van der Waals surface area contributed by atoms with E-state index in [1.807, 2.05) is 48.1 Å². The minimum atomic E-state index is -0.0523. The molecule has 2 aromatic heterocycles. The standard InChI is InChI=1S/C17H16N6/c1-12-5-3-4-6-16(12)23-8-7-15(22-23)13(2)20-17-9-14(10-18)11-19-21-17/h3-9,11,13H,1-2H3,(H,20,21). The number of benzene rings is 1. The zero-order chi connectivity index (χ0) is 16.2. The van der Waals surface area contributed by atoms with Gasteiger partial charge in [0.1, 0.15) is 11.9 Å². The number of rotatable bonds is 4. The van der Waals surface area contributed by atoms with E-state index in [4.69, 9.17) is 5.26 Å². The van der Waals surface area contributed by atoms with Gasteiger partial charge < -0.3 is 5.32 Å². The van der Waals surface area contributed by atoms with Crippen molar-refractivity contribution in [3.63, 3.8) is 0 Å². The Kier molecular flexibility index (Phi) is 4.02. The van der Waals surface area contributed by atoms with E-state index in [0.29, 0.717) is 11.4 Å². The second-order valence-corrected chi connectivity index (χ2v) is 5.28. The van der Waals surface area contributed by atoms with Gasteiger partial charge in [-0.05, 0) is 31.5 Å². The zero-order valence-corrected chi connectivity index (χ0v) is 12.9. The molecular weight excluding hydrogens is 288 g/mol. The van der Waals surface area contributed by atoms with Gasteiger partial charge in [0, 0.05) is 12.3 Å². The van der Waals surface area contributed by atoms with Crippen LogP contribution in [0.2, 0.25) is 0 Å². The molecule has 6 heteroatoms. The summed E-state index contributed by atoms with van der Waals surface area (Å²) in [4.78, 5) is 0. The number of nitrogens with one attached hydrogen (secondary N) is 1. The fraction of sp³-hybridized carbons (Fsp3) is 0.176. The fourth-order valence-corrected chi connectivity index (χ4v) is 2.32. The normalized spacial score (nSPS) is 11.7. The van der Waals surface area contributed by atoms with E-state index >= 15 is 0 Å². The molecule has 3 aromatic rings. The zero-order valence-electron chi connectivity index (χ0n) is 12.9. The number of nitrogens with zero attached hydrogens (tertiary/aromatic N) is 5. The van der Waals surface area contributed by atoms with Crippen molar-refractivity contribution >= 4 is 5.82 Å². The van der Waals surface area contributed by atoms with Crippen LogP contribution >= 0.6 is 0 Å². The minimum Gasteiger partial charge on any atom is -0.360 e. The van der Waals surface area contributed by atoms with Crippen LogP contribution in [-0.2, 0) is 0 Å². The number of nitriles is 1. The molecular formula is C17H16N6. The first-order valence-electron chi connectivity index (χ1n) is 7.28. The van der Waals surface area contributed by atoms with E-state index in [1.54, 1.807) is 6.07 Å². The predicted octanol–water partition coefficient (Wildman–Crippen LogP) is 3.02. The molecule has 1 unspecified atom stereocenters. The maximum atomic E-state index is 8.91. The van der Waals surface area contributed by atoms with Crippen molar-refractivity contribution in [3.05, 3.63) is 65.6 Å². The number of hydrogen-bond donors (Lipinski definition) is 1. The topological polar surface area (TPSA) is 79.4 Å². The molecule has 0 fully saturated rings. The third-order valence-electron chi connectivity index (χ3n) is 3.56. The molecule has 0 aliphatic rings. The predicted molar refractivity (Wildman–Crippen MR) is 87.1 cm³/mol. The third-order valence-corrected chi connectivity index (χ3v) is 3.56. The summed E-state index contributed by atoms with van der Waals surface area (Å²) in [6.45, 7) is 4.05. The van der Waals surface area contributed by atoms with Crippen LogP contribution in [0.5, 0.6) is 0 Å². The molecule has 1 atom stereocenters. The van der Waals surface area contributed by atoms with Gasteiger partial charge in [-0.2, -0.15) is 15.5 Å². The van der Waals surface area contributed by atoms with E-state index in [0.717, 1.165) is 16.9 Å². The number of aromatic nitrogens is 4. The average molecular weight is 304 g/mol. The van der Waals surface area contributed by atoms with E-state index in [1.165, 1.54) is 6.20 Å². The van der Waals surface area contributed by atoms with Crippen LogP contribution in [0.4, 0.5) is 5.82 Å². The highest BCUT2D eigenvalue weighted by Crippen LogP contribution is 2.19. The molecule has 6 nitrogen and oxygen atoms in total. The van der Waals surface area contributed by atoms with Gasteiger partial charge >= 0.3 is 0 Å². The van der Waals surface area contributed by atoms with Crippen LogP contribution in [0.3, 0.4) is 0 Å². The van der Waals surface area contributed by atoms with E-state index in [-0.39, 0.29) is 6.04 Å². The van der Waals surface area contributed by atoms with Crippen LogP contribution in [-0.4, -0.2) is 20.0 Å². The number of anilines is 1. The van der Waals surface area contributed by atoms with Crippen LogP contribution in [0.15, 0.2) is 48.8 Å². The van der Waals surface area contributed by atoms with Crippen molar-refractivity contribution in [3.8, 4) is 11.8 Å². The average Bonchev–Trinajstić information content (AvgIpc) is 3.05. The quantitative estimate of drug-likeness (QED) is 0.801. The van der Waals surface area contributed by atoms with Gasteiger partial charge in [-0.15, -0.1) is 5.10 Å². The van der Waals surface area contributed by atoms with Gasteiger partial charge in [0.25, 0.3) is 0 Å². The van der Waals surface area contributed by atoms with Gasteiger partial charge in [-0.25, -0.2) is 4.68 Å². The maximum absolute atomic E-state index is 8.91. The minimum absolute atomic E-state index is 0.0523. The van der Waals surface area contributed by atoms with Crippen molar-refractivity contribution < 1.29 is 0 Å². The highest BCUT2D eigenvalue weighted by molar-refractivity contribution is 5.43. The van der Waals surface area contributed by atoms with Gasteiger partial charge in [0.2, 0.25) is 0 Å². The lowest BCUT2D eigenvalue weighted by atomic mass is 10.2. The van der Waals surface area contributed by atoms with Crippen molar-refractivity contribution in [2.45, 2.75) is 19.9 Å². The Labute approximate surface area is 134 Å². The molecule has 0 saturated heterocycles. The lowest BCUT2D eigenvalue weighted by molar-refractivity contribution is 0.769. The Morgan fingerprint density at radius 2 is 2.09 bits per heavy atom. The first kappa shape index (κ1) is 14.7. The Hall–Kier alpha value is -3.20. The van der Waals surface area contributed by atoms with Gasteiger partial charge in [-0.1, -0.05) is 18.2 Å². The van der Waals surface area contributed by atoms with Crippen molar-refractivity contribution in [2.75, 3.05) is 5.32 Å². The second kappa shape index (κ2) is 6.28. The molecule has 0 aliphatic carbocycles. The lowest BCUT2D eigenvalue weighted by Crippen LogP contribution is -2.10. The summed E-state index contributed by atoms with van der Waals surface area (Å²) in [5.74, 6) is 0.557. The van der Waals surface area contributed by atoms with Gasteiger partial charge in [0.15, 0.2) is 0 Å². The smallest absolute Gasteiger partial charge is 0.150 e. The highest BCUT2D eigenvalue weighted by Gasteiger charge is 2.11.